The van der Waals surface area contributed by atoms with E-state index in [1.165, 1.54) is 11.1 Å². The Bertz CT molecular complexity index is 1230. The van der Waals surface area contributed by atoms with Crippen molar-refractivity contribution in [3.8, 4) is 0 Å². The summed E-state index contributed by atoms with van der Waals surface area (Å²) in [6.45, 7) is 5.85. The highest BCUT2D eigenvalue weighted by Gasteiger charge is 2.28. The number of sulfonamides is 1. The van der Waals surface area contributed by atoms with E-state index in [-0.39, 0.29) is 17.3 Å². The number of thioether (sulfide) groups is 1. The number of anilines is 1. The second-order valence-electron chi connectivity index (χ2n) is 8.14. The molecule has 3 rings (SSSR count). The lowest BCUT2D eigenvalue weighted by Crippen LogP contribution is -2.41. The van der Waals surface area contributed by atoms with Crippen LogP contribution in [0.3, 0.4) is 0 Å². The van der Waals surface area contributed by atoms with E-state index in [9.17, 15) is 13.2 Å². The van der Waals surface area contributed by atoms with Crippen molar-refractivity contribution in [2.45, 2.75) is 31.4 Å². The van der Waals surface area contributed by atoms with Gasteiger partial charge in [0.2, 0.25) is 5.91 Å². The molecule has 0 aliphatic rings. The van der Waals surface area contributed by atoms with Gasteiger partial charge in [-0.05, 0) is 56.2 Å². The molecule has 0 atom stereocenters. The van der Waals surface area contributed by atoms with Crippen LogP contribution in [-0.2, 0) is 20.6 Å². The van der Waals surface area contributed by atoms with Gasteiger partial charge < -0.3 is 5.32 Å². The molecule has 3 aromatic rings. The van der Waals surface area contributed by atoms with E-state index >= 15 is 0 Å². The molecule has 0 saturated carbocycles. The van der Waals surface area contributed by atoms with E-state index in [4.69, 9.17) is 11.6 Å². The summed E-state index contributed by atoms with van der Waals surface area (Å²) in [5.41, 5.74) is 4.50. The summed E-state index contributed by atoms with van der Waals surface area (Å²) in [6.07, 6.45) is 0. The number of hydrogen-bond acceptors (Lipinski definition) is 4. The average Bonchev–Trinajstić information content (AvgIpc) is 2.80. The van der Waals surface area contributed by atoms with Crippen molar-refractivity contribution < 1.29 is 13.2 Å². The van der Waals surface area contributed by atoms with E-state index in [1.807, 2.05) is 6.92 Å². The summed E-state index contributed by atoms with van der Waals surface area (Å²) in [4.78, 5) is 12.9. The van der Waals surface area contributed by atoms with Gasteiger partial charge in [0.25, 0.3) is 10.0 Å². The molecule has 0 aliphatic carbocycles. The van der Waals surface area contributed by atoms with Crippen LogP contribution in [0.4, 0.5) is 5.69 Å². The summed E-state index contributed by atoms with van der Waals surface area (Å²) in [5, 5.41) is 3.25. The van der Waals surface area contributed by atoms with Gasteiger partial charge in [0, 0.05) is 23.1 Å². The van der Waals surface area contributed by atoms with E-state index in [0.29, 0.717) is 22.8 Å². The fraction of sp³-hybridized carbons (Fsp3) is 0.269. The van der Waals surface area contributed by atoms with Crippen molar-refractivity contribution in [1.29, 1.82) is 0 Å². The fourth-order valence-corrected chi connectivity index (χ4v) is 5.77. The Labute approximate surface area is 211 Å². The van der Waals surface area contributed by atoms with E-state index < -0.39 is 10.0 Å². The summed E-state index contributed by atoms with van der Waals surface area (Å²) in [7, 11) is -3.97. The van der Waals surface area contributed by atoms with Crippen LogP contribution >= 0.6 is 23.4 Å². The monoisotopic (exact) mass is 516 g/mol. The summed E-state index contributed by atoms with van der Waals surface area (Å²) < 4.78 is 28.1. The molecule has 0 saturated heterocycles. The summed E-state index contributed by atoms with van der Waals surface area (Å²) >= 11 is 7.88. The molecule has 0 aromatic heterocycles. The number of carbonyl (C=O) groups excluding carboxylic acids is 1. The molecule has 0 aliphatic heterocycles. The molecule has 0 heterocycles. The molecule has 0 bridgehead atoms. The maximum atomic E-state index is 13.5. The van der Waals surface area contributed by atoms with Gasteiger partial charge in [0.05, 0.1) is 10.6 Å². The van der Waals surface area contributed by atoms with Crippen LogP contribution in [0.15, 0.2) is 71.6 Å². The van der Waals surface area contributed by atoms with Crippen molar-refractivity contribution >= 4 is 45.0 Å². The maximum Gasteiger partial charge on any atom is 0.264 e. The van der Waals surface area contributed by atoms with Gasteiger partial charge in [0.1, 0.15) is 6.54 Å². The van der Waals surface area contributed by atoms with Gasteiger partial charge in [-0.25, -0.2) is 8.42 Å². The van der Waals surface area contributed by atoms with Crippen LogP contribution in [0, 0.1) is 20.8 Å². The maximum absolute atomic E-state index is 13.5. The van der Waals surface area contributed by atoms with Gasteiger partial charge in [-0.2, -0.15) is 11.8 Å². The molecule has 0 spiro atoms. The molecule has 3 aromatic carbocycles. The first-order valence-corrected chi connectivity index (χ1v) is 13.9. The second kappa shape index (κ2) is 11.8. The largest absolute Gasteiger partial charge is 0.354 e. The first kappa shape index (κ1) is 26.1. The lowest BCUT2D eigenvalue weighted by Gasteiger charge is -2.26. The topological polar surface area (TPSA) is 66.5 Å². The third kappa shape index (κ3) is 7.01. The normalized spacial score (nSPS) is 11.3. The highest BCUT2D eigenvalue weighted by molar-refractivity contribution is 7.98. The Morgan fingerprint density at radius 2 is 1.56 bits per heavy atom. The van der Waals surface area contributed by atoms with Gasteiger partial charge in [-0.1, -0.05) is 65.2 Å². The van der Waals surface area contributed by atoms with Crippen LogP contribution in [0.25, 0.3) is 0 Å². The molecule has 5 nitrogen and oxygen atoms in total. The van der Waals surface area contributed by atoms with Crippen LogP contribution < -0.4 is 9.62 Å². The van der Waals surface area contributed by atoms with Crippen LogP contribution in [0.5, 0.6) is 0 Å². The van der Waals surface area contributed by atoms with Gasteiger partial charge in [-0.15, -0.1) is 0 Å². The van der Waals surface area contributed by atoms with Crippen LogP contribution in [-0.4, -0.2) is 33.2 Å². The van der Waals surface area contributed by atoms with Crippen molar-refractivity contribution in [1.82, 2.24) is 5.32 Å². The first-order valence-electron chi connectivity index (χ1n) is 10.9. The second-order valence-corrected chi connectivity index (χ2v) is 11.5. The third-order valence-electron chi connectivity index (χ3n) is 5.29. The third-order valence-corrected chi connectivity index (χ3v) is 8.33. The van der Waals surface area contributed by atoms with Crippen molar-refractivity contribution in [2.24, 2.45) is 0 Å². The molecule has 1 N–H and O–H groups in total. The smallest absolute Gasteiger partial charge is 0.264 e. The SMILES string of the molecule is Cc1ccc(CSCCNC(=O)CN(c2cc(Cl)ccc2C)S(=O)(=O)c2ccc(C)cc2)cc1. The molecule has 1 amide bonds. The Kier molecular flexibility index (Phi) is 9.05. The summed E-state index contributed by atoms with van der Waals surface area (Å²) in [6, 6.07) is 20.0. The zero-order chi connectivity index (χ0) is 24.7. The van der Waals surface area contributed by atoms with Gasteiger partial charge in [-0.3, -0.25) is 9.10 Å². The number of nitrogens with zero attached hydrogens (tertiary/aromatic N) is 1. The Morgan fingerprint density at radius 1 is 0.941 bits per heavy atom. The van der Waals surface area contributed by atoms with E-state index in [1.54, 1.807) is 61.2 Å². The van der Waals surface area contributed by atoms with Crippen molar-refractivity contribution in [3.63, 3.8) is 0 Å². The Hall–Kier alpha value is -2.48. The van der Waals surface area contributed by atoms with E-state index in [2.05, 4.69) is 36.5 Å². The van der Waals surface area contributed by atoms with E-state index in [0.717, 1.165) is 21.4 Å². The standard InChI is InChI=1S/C26H29ClN2O3S2/c1-19-4-9-22(10-5-19)18-33-15-14-28-26(30)17-29(25-16-23(27)11-8-21(25)3)34(31,32)24-12-6-20(2)7-13-24/h4-13,16H,14-15,17-18H2,1-3H3,(H,28,30). The number of hydrogen-bond donors (Lipinski definition) is 1. The highest BCUT2D eigenvalue weighted by atomic mass is 35.5. The van der Waals surface area contributed by atoms with Crippen LogP contribution in [0.2, 0.25) is 5.02 Å². The Morgan fingerprint density at radius 3 is 2.21 bits per heavy atom. The number of halogens is 1. The number of benzene rings is 3. The minimum atomic E-state index is -3.97. The average molecular weight is 517 g/mol. The first-order chi connectivity index (χ1) is 16.2. The summed E-state index contributed by atoms with van der Waals surface area (Å²) in [5.74, 6) is 1.21. The number of aryl methyl sites for hydroxylation is 3. The predicted octanol–water partition coefficient (Wildman–Crippen LogP) is 5.51. The molecule has 8 heteroatoms. The molecular formula is C26H29ClN2O3S2. The molecule has 34 heavy (non-hydrogen) atoms. The number of rotatable bonds is 10. The minimum absolute atomic E-state index is 0.124. The molecule has 0 unspecified atom stereocenters. The molecule has 180 valence electrons. The lowest BCUT2D eigenvalue weighted by atomic mass is 10.2. The quantitative estimate of drug-likeness (QED) is 0.361. The molecular weight excluding hydrogens is 488 g/mol. The fourth-order valence-electron chi connectivity index (χ4n) is 3.31. The van der Waals surface area contributed by atoms with Crippen molar-refractivity contribution in [3.05, 3.63) is 94.0 Å². The predicted molar refractivity (Wildman–Crippen MR) is 142 cm³/mol. The zero-order valence-corrected chi connectivity index (χ0v) is 21.9. The Balaban J connectivity index is 1.68. The minimum Gasteiger partial charge on any atom is -0.354 e. The van der Waals surface area contributed by atoms with Crippen molar-refractivity contribution in [2.75, 3.05) is 23.1 Å². The number of amides is 1. The number of nitrogens with one attached hydrogen (secondary N) is 1. The highest BCUT2D eigenvalue weighted by Crippen LogP contribution is 2.29. The van der Waals surface area contributed by atoms with Gasteiger partial charge in [0.15, 0.2) is 0 Å². The van der Waals surface area contributed by atoms with Crippen LogP contribution in [0.1, 0.15) is 22.3 Å². The zero-order valence-electron chi connectivity index (χ0n) is 19.5. The number of carbonyl (C=O) groups is 1. The van der Waals surface area contributed by atoms with Gasteiger partial charge >= 0.3 is 0 Å². The molecule has 0 radical (unpaired) electrons. The lowest BCUT2D eigenvalue weighted by molar-refractivity contribution is -0.119. The molecule has 0 fully saturated rings.